The third kappa shape index (κ3) is 2.66. The molecule has 3 rings (SSSR count). The van der Waals surface area contributed by atoms with E-state index in [2.05, 4.69) is 31.9 Å². The van der Waals surface area contributed by atoms with Crippen molar-refractivity contribution in [3.8, 4) is 17.2 Å². The van der Waals surface area contributed by atoms with Gasteiger partial charge in [-0.05, 0) is 46.3 Å². The number of fused-ring (bicyclic) bond motifs is 1. The molecule has 1 heterocycles. The number of carbonyl (C=O) groups excluding carboxylic acids is 1. The molecule has 0 N–H and O–H groups in total. The lowest BCUT2D eigenvalue weighted by Gasteiger charge is -2.07. The first-order valence-electron chi connectivity index (χ1n) is 5.70. The van der Waals surface area contributed by atoms with Crippen LogP contribution in [0.4, 0.5) is 0 Å². The maximum absolute atomic E-state index is 12.1. The van der Waals surface area contributed by atoms with Gasteiger partial charge in [0.1, 0.15) is 5.75 Å². The number of hydrogen-bond acceptors (Lipinski definition) is 4. The summed E-state index contributed by atoms with van der Waals surface area (Å²) < 4.78 is 17.3. The van der Waals surface area contributed by atoms with E-state index in [0.29, 0.717) is 27.3 Å². The van der Waals surface area contributed by atoms with E-state index < -0.39 is 5.97 Å². The number of rotatable bonds is 2. The minimum Gasteiger partial charge on any atom is -0.454 e. The second-order valence-electron chi connectivity index (χ2n) is 4.03. The van der Waals surface area contributed by atoms with E-state index in [-0.39, 0.29) is 6.79 Å². The van der Waals surface area contributed by atoms with Crippen LogP contribution in [0.3, 0.4) is 0 Å². The third-order valence-electron chi connectivity index (χ3n) is 2.70. The highest BCUT2D eigenvalue weighted by molar-refractivity contribution is 9.11. The van der Waals surface area contributed by atoms with Crippen LogP contribution in [0.1, 0.15) is 10.4 Å². The molecule has 1 aliphatic rings. The van der Waals surface area contributed by atoms with Gasteiger partial charge < -0.3 is 14.2 Å². The molecule has 0 bridgehead atoms. The highest BCUT2D eigenvalue weighted by Crippen LogP contribution is 2.35. The van der Waals surface area contributed by atoms with E-state index in [1.807, 2.05) is 6.07 Å². The fourth-order valence-electron chi connectivity index (χ4n) is 1.76. The standard InChI is InChI=1S/C14H8Br2O4/c15-8-1-3-11(16)10(5-8)14(17)20-9-2-4-12-13(6-9)19-7-18-12/h1-6H,7H2. The third-order valence-corrected chi connectivity index (χ3v) is 3.89. The van der Waals surface area contributed by atoms with Crippen LogP contribution in [0.2, 0.25) is 0 Å². The Morgan fingerprint density at radius 3 is 2.70 bits per heavy atom. The van der Waals surface area contributed by atoms with Crippen LogP contribution in [-0.4, -0.2) is 12.8 Å². The van der Waals surface area contributed by atoms with Crippen molar-refractivity contribution in [3.63, 3.8) is 0 Å². The van der Waals surface area contributed by atoms with Gasteiger partial charge in [-0.3, -0.25) is 0 Å². The second-order valence-corrected chi connectivity index (χ2v) is 5.80. The monoisotopic (exact) mass is 398 g/mol. The van der Waals surface area contributed by atoms with Gasteiger partial charge in [0.15, 0.2) is 11.5 Å². The zero-order valence-electron chi connectivity index (χ0n) is 10.1. The number of carbonyl (C=O) groups is 1. The van der Waals surface area contributed by atoms with Crippen molar-refractivity contribution in [2.45, 2.75) is 0 Å². The minimum atomic E-state index is -0.447. The molecular formula is C14H8Br2O4. The number of ether oxygens (including phenoxy) is 3. The summed E-state index contributed by atoms with van der Waals surface area (Å²) in [5, 5.41) is 0. The molecule has 0 saturated heterocycles. The molecule has 0 amide bonds. The van der Waals surface area contributed by atoms with Crippen LogP contribution < -0.4 is 14.2 Å². The van der Waals surface area contributed by atoms with Crippen molar-refractivity contribution in [1.82, 2.24) is 0 Å². The Hall–Kier alpha value is -1.53. The summed E-state index contributed by atoms with van der Waals surface area (Å²) in [4.78, 5) is 12.1. The molecule has 0 radical (unpaired) electrons. The van der Waals surface area contributed by atoms with E-state index in [4.69, 9.17) is 14.2 Å². The van der Waals surface area contributed by atoms with E-state index in [0.717, 1.165) is 4.47 Å². The minimum absolute atomic E-state index is 0.184. The molecule has 0 atom stereocenters. The first-order chi connectivity index (χ1) is 9.63. The lowest BCUT2D eigenvalue weighted by Crippen LogP contribution is -2.09. The second kappa shape index (κ2) is 5.46. The van der Waals surface area contributed by atoms with E-state index in [1.54, 1.807) is 30.3 Å². The highest BCUT2D eigenvalue weighted by atomic mass is 79.9. The first-order valence-corrected chi connectivity index (χ1v) is 7.29. The van der Waals surface area contributed by atoms with Crippen LogP contribution >= 0.6 is 31.9 Å². The van der Waals surface area contributed by atoms with Gasteiger partial charge in [0, 0.05) is 15.0 Å². The van der Waals surface area contributed by atoms with Gasteiger partial charge in [0.05, 0.1) is 5.56 Å². The molecule has 0 spiro atoms. The first kappa shape index (κ1) is 13.5. The van der Waals surface area contributed by atoms with E-state index in [1.165, 1.54) is 0 Å². The molecule has 2 aromatic rings. The molecule has 2 aromatic carbocycles. The number of benzene rings is 2. The molecule has 20 heavy (non-hydrogen) atoms. The smallest absolute Gasteiger partial charge is 0.344 e. The Balaban J connectivity index is 1.84. The van der Waals surface area contributed by atoms with Gasteiger partial charge in [0.2, 0.25) is 6.79 Å². The van der Waals surface area contributed by atoms with Gasteiger partial charge >= 0.3 is 5.97 Å². The van der Waals surface area contributed by atoms with Gasteiger partial charge in [-0.1, -0.05) is 15.9 Å². The molecule has 102 valence electrons. The van der Waals surface area contributed by atoms with Crippen LogP contribution in [-0.2, 0) is 0 Å². The maximum Gasteiger partial charge on any atom is 0.344 e. The van der Waals surface area contributed by atoms with Crippen LogP contribution in [0.15, 0.2) is 45.3 Å². The summed E-state index contributed by atoms with van der Waals surface area (Å²) in [5.41, 5.74) is 0.442. The number of hydrogen-bond donors (Lipinski definition) is 0. The predicted octanol–water partition coefficient (Wildman–Crippen LogP) is 4.16. The van der Waals surface area contributed by atoms with Gasteiger partial charge in [-0.25, -0.2) is 4.79 Å². The van der Waals surface area contributed by atoms with Crippen LogP contribution in [0.5, 0.6) is 17.2 Å². The highest BCUT2D eigenvalue weighted by Gasteiger charge is 2.17. The largest absolute Gasteiger partial charge is 0.454 e. The zero-order valence-corrected chi connectivity index (χ0v) is 13.2. The summed E-state index contributed by atoms with van der Waals surface area (Å²) in [5.74, 6) is 1.18. The number of esters is 1. The molecule has 4 nitrogen and oxygen atoms in total. The molecule has 0 fully saturated rings. The van der Waals surface area contributed by atoms with Gasteiger partial charge in [-0.2, -0.15) is 0 Å². The Morgan fingerprint density at radius 1 is 1.05 bits per heavy atom. The summed E-state index contributed by atoms with van der Waals surface area (Å²) in [6.45, 7) is 0.184. The van der Waals surface area contributed by atoms with Gasteiger partial charge in [-0.15, -0.1) is 0 Å². The Bertz CT molecular complexity index is 685. The molecule has 0 aromatic heterocycles. The molecular weight excluding hydrogens is 392 g/mol. The fraction of sp³-hybridized carbons (Fsp3) is 0.0714. The zero-order chi connectivity index (χ0) is 14.1. The van der Waals surface area contributed by atoms with Crippen molar-refractivity contribution in [2.24, 2.45) is 0 Å². The molecule has 0 aliphatic carbocycles. The Morgan fingerprint density at radius 2 is 1.85 bits per heavy atom. The lowest BCUT2D eigenvalue weighted by atomic mass is 10.2. The van der Waals surface area contributed by atoms with Gasteiger partial charge in [0.25, 0.3) is 0 Å². The summed E-state index contributed by atoms with van der Waals surface area (Å²) in [7, 11) is 0. The van der Waals surface area contributed by atoms with Crippen LogP contribution in [0.25, 0.3) is 0 Å². The summed E-state index contributed by atoms with van der Waals surface area (Å²) in [6, 6.07) is 10.3. The lowest BCUT2D eigenvalue weighted by molar-refractivity contribution is 0.0733. The molecule has 6 heteroatoms. The summed E-state index contributed by atoms with van der Waals surface area (Å²) >= 11 is 6.65. The van der Waals surface area contributed by atoms with Crippen LogP contribution in [0, 0.1) is 0 Å². The average Bonchev–Trinajstić information content (AvgIpc) is 2.89. The number of halogens is 2. The predicted molar refractivity (Wildman–Crippen MR) is 79.4 cm³/mol. The molecule has 0 unspecified atom stereocenters. The SMILES string of the molecule is O=C(Oc1ccc2c(c1)OCO2)c1cc(Br)ccc1Br. The molecule has 0 saturated carbocycles. The van der Waals surface area contributed by atoms with Crippen molar-refractivity contribution >= 4 is 37.8 Å². The Labute approximate surface area is 131 Å². The van der Waals surface area contributed by atoms with Crippen molar-refractivity contribution in [1.29, 1.82) is 0 Å². The summed E-state index contributed by atoms with van der Waals surface area (Å²) in [6.07, 6.45) is 0. The van der Waals surface area contributed by atoms with Crippen molar-refractivity contribution < 1.29 is 19.0 Å². The normalized spacial score (nSPS) is 12.3. The van der Waals surface area contributed by atoms with E-state index >= 15 is 0 Å². The van der Waals surface area contributed by atoms with Crippen molar-refractivity contribution in [3.05, 3.63) is 50.9 Å². The maximum atomic E-state index is 12.1. The van der Waals surface area contributed by atoms with E-state index in [9.17, 15) is 4.79 Å². The average molecular weight is 400 g/mol. The Kier molecular flexibility index (Phi) is 3.67. The van der Waals surface area contributed by atoms with Crippen molar-refractivity contribution in [2.75, 3.05) is 6.79 Å². The molecule has 1 aliphatic heterocycles. The topological polar surface area (TPSA) is 44.8 Å². The fourth-order valence-corrected chi connectivity index (χ4v) is 2.53. The quantitative estimate of drug-likeness (QED) is 0.561.